The Labute approximate surface area is 210 Å². The summed E-state index contributed by atoms with van der Waals surface area (Å²) < 4.78 is 16.5. The highest BCUT2D eigenvalue weighted by Gasteiger charge is 2.35. The van der Waals surface area contributed by atoms with Gasteiger partial charge in [0.2, 0.25) is 0 Å². The van der Waals surface area contributed by atoms with Crippen LogP contribution in [0.3, 0.4) is 0 Å². The first-order valence-corrected chi connectivity index (χ1v) is 11.2. The number of rotatable bonds is 7. The average Bonchev–Trinajstić information content (AvgIpc) is 2.81. The van der Waals surface area contributed by atoms with Crippen molar-refractivity contribution in [1.29, 1.82) is 0 Å². The molecule has 9 heteroatoms. The Kier molecular flexibility index (Phi) is 10.8. The van der Waals surface area contributed by atoms with E-state index in [-0.39, 0.29) is 29.5 Å². The summed E-state index contributed by atoms with van der Waals surface area (Å²) in [5.74, 6) is 2.76. The van der Waals surface area contributed by atoms with Crippen molar-refractivity contribution in [2.75, 3.05) is 81.3 Å². The van der Waals surface area contributed by atoms with Crippen LogP contribution in [0.4, 0.5) is 0 Å². The zero-order valence-corrected chi connectivity index (χ0v) is 22.6. The molecule has 8 nitrogen and oxygen atoms in total. The molecule has 2 heterocycles. The number of hydrogen-bond donors (Lipinski definition) is 1. The molecule has 0 spiro atoms. The monoisotopic (exact) mass is 561 g/mol. The Hall–Kier alpha value is -1.30. The van der Waals surface area contributed by atoms with E-state index in [9.17, 15) is 0 Å². The van der Waals surface area contributed by atoms with Crippen LogP contribution in [0.1, 0.15) is 18.4 Å². The number of nitrogens with one attached hydrogen (secondary N) is 1. The van der Waals surface area contributed by atoms with Gasteiger partial charge in [-0.15, -0.1) is 24.0 Å². The molecule has 0 unspecified atom stereocenters. The normalized spacial score (nSPS) is 19.4. The van der Waals surface area contributed by atoms with Gasteiger partial charge in [-0.25, -0.2) is 0 Å². The second kappa shape index (κ2) is 12.8. The fraction of sp³-hybridized carbons (Fsp3) is 0.696. The molecule has 1 N–H and O–H groups in total. The molecule has 2 aliphatic rings. The number of methoxy groups -OCH3 is 2. The van der Waals surface area contributed by atoms with Crippen LogP contribution in [-0.4, -0.2) is 107 Å². The van der Waals surface area contributed by atoms with Crippen molar-refractivity contribution >= 4 is 29.9 Å². The van der Waals surface area contributed by atoms with Gasteiger partial charge in [-0.1, -0.05) is 0 Å². The predicted octanol–water partition coefficient (Wildman–Crippen LogP) is 2.13. The number of ether oxygens (including phenoxy) is 3. The second-order valence-corrected chi connectivity index (χ2v) is 8.57. The van der Waals surface area contributed by atoms with E-state index >= 15 is 0 Å². The van der Waals surface area contributed by atoms with Crippen molar-refractivity contribution in [3.8, 4) is 11.5 Å². The number of nitrogens with zero attached hydrogens (tertiary/aromatic N) is 4. The molecule has 2 saturated heterocycles. The van der Waals surface area contributed by atoms with Crippen LogP contribution >= 0.6 is 24.0 Å². The van der Waals surface area contributed by atoms with Gasteiger partial charge in [0.1, 0.15) is 11.5 Å². The van der Waals surface area contributed by atoms with E-state index in [1.54, 1.807) is 14.2 Å². The van der Waals surface area contributed by atoms with E-state index in [1.807, 2.05) is 19.2 Å². The number of piperazine rings is 1. The summed E-state index contributed by atoms with van der Waals surface area (Å²) in [7, 11) is 9.63. The average molecular weight is 562 g/mol. The third kappa shape index (κ3) is 6.61. The van der Waals surface area contributed by atoms with Gasteiger partial charge in [0.15, 0.2) is 5.96 Å². The van der Waals surface area contributed by atoms with E-state index in [1.165, 1.54) is 0 Å². The predicted molar refractivity (Wildman–Crippen MR) is 140 cm³/mol. The summed E-state index contributed by atoms with van der Waals surface area (Å²) in [6.45, 7) is 7.24. The highest BCUT2D eigenvalue weighted by atomic mass is 127. The first-order valence-electron chi connectivity index (χ1n) is 11.2. The zero-order valence-electron chi connectivity index (χ0n) is 20.2. The van der Waals surface area contributed by atoms with Crippen molar-refractivity contribution in [2.24, 2.45) is 4.99 Å². The molecule has 32 heavy (non-hydrogen) atoms. The lowest BCUT2D eigenvalue weighted by Crippen LogP contribution is -2.59. The fourth-order valence-corrected chi connectivity index (χ4v) is 4.47. The standard InChI is InChI=1S/C23H39N5O3.HI/c1-24-22(25-18-23(26(2)3)8-14-31-15-9-23)28-12-10-27(11-13-28)17-19-16-20(29-4)6-7-21(19)30-5;/h6-7,16H,8-15,17-18H2,1-5H3,(H,24,25);1H. The molecule has 0 amide bonds. The molecule has 3 rings (SSSR count). The molecule has 2 fully saturated rings. The van der Waals surface area contributed by atoms with Crippen LogP contribution in [0, 0.1) is 0 Å². The number of halogens is 1. The summed E-state index contributed by atoms with van der Waals surface area (Å²) in [5.41, 5.74) is 1.28. The third-order valence-corrected chi connectivity index (χ3v) is 6.71. The largest absolute Gasteiger partial charge is 0.497 e. The van der Waals surface area contributed by atoms with Crippen LogP contribution in [0.5, 0.6) is 11.5 Å². The van der Waals surface area contributed by atoms with Gasteiger partial charge in [-0.2, -0.15) is 0 Å². The van der Waals surface area contributed by atoms with Crippen molar-refractivity contribution in [2.45, 2.75) is 24.9 Å². The van der Waals surface area contributed by atoms with Gasteiger partial charge in [-0.05, 0) is 45.1 Å². The van der Waals surface area contributed by atoms with E-state index < -0.39 is 0 Å². The molecule has 0 saturated carbocycles. The first kappa shape index (κ1) is 26.9. The molecule has 1 aromatic rings. The Morgan fingerprint density at radius 2 is 1.81 bits per heavy atom. The van der Waals surface area contributed by atoms with Gasteiger partial charge in [-0.3, -0.25) is 9.89 Å². The Morgan fingerprint density at radius 1 is 1.12 bits per heavy atom. The summed E-state index contributed by atoms with van der Waals surface area (Å²) in [6.07, 6.45) is 2.08. The van der Waals surface area contributed by atoms with Crippen molar-refractivity contribution < 1.29 is 14.2 Å². The molecule has 0 bridgehead atoms. The van der Waals surface area contributed by atoms with E-state index in [4.69, 9.17) is 14.2 Å². The number of guanidine groups is 1. The minimum Gasteiger partial charge on any atom is -0.497 e. The minimum absolute atomic E-state index is 0. The number of benzene rings is 1. The zero-order chi connectivity index (χ0) is 22.3. The lowest BCUT2D eigenvalue weighted by atomic mass is 9.88. The molecular formula is C23H40IN5O3. The molecule has 182 valence electrons. The maximum Gasteiger partial charge on any atom is 0.193 e. The van der Waals surface area contributed by atoms with Crippen LogP contribution in [-0.2, 0) is 11.3 Å². The maximum atomic E-state index is 5.60. The van der Waals surface area contributed by atoms with Crippen LogP contribution < -0.4 is 14.8 Å². The fourth-order valence-electron chi connectivity index (χ4n) is 4.47. The summed E-state index contributed by atoms with van der Waals surface area (Å²) >= 11 is 0. The first-order chi connectivity index (χ1) is 15.0. The van der Waals surface area contributed by atoms with Crippen LogP contribution in [0.2, 0.25) is 0 Å². The van der Waals surface area contributed by atoms with Gasteiger partial charge in [0, 0.05) is 70.6 Å². The van der Waals surface area contributed by atoms with E-state index in [0.717, 1.165) is 88.3 Å². The minimum atomic E-state index is 0. The molecule has 0 atom stereocenters. The van der Waals surface area contributed by atoms with Gasteiger partial charge in [0.25, 0.3) is 0 Å². The van der Waals surface area contributed by atoms with Crippen LogP contribution in [0.25, 0.3) is 0 Å². The number of aliphatic imine (C=N–C) groups is 1. The Balaban J connectivity index is 0.00000363. The summed E-state index contributed by atoms with van der Waals surface area (Å²) in [4.78, 5) is 11.7. The van der Waals surface area contributed by atoms with Crippen molar-refractivity contribution in [1.82, 2.24) is 20.0 Å². The summed E-state index contributed by atoms with van der Waals surface area (Å²) in [5, 5.41) is 3.65. The lowest BCUT2D eigenvalue weighted by molar-refractivity contribution is -0.00535. The molecular weight excluding hydrogens is 521 g/mol. The number of hydrogen-bond acceptors (Lipinski definition) is 6. The second-order valence-electron chi connectivity index (χ2n) is 8.57. The van der Waals surface area contributed by atoms with Gasteiger partial charge >= 0.3 is 0 Å². The molecule has 1 aromatic carbocycles. The maximum absolute atomic E-state index is 5.60. The topological polar surface area (TPSA) is 61.8 Å². The highest BCUT2D eigenvalue weighted by Crippen LogP contribution is 2.26. The third-order valence-electron chi connectivity index (χ3n) is 6.71. The molecule has 0 aliphatic carbocycles. The SMILES string of the molecule is CN=C(NCC1(N(C)C)CCOCC1)N1CCN(Cc2cc(OC)ccc2OC)CC1.I. The van der Waals surface area contributed by atoms with Gasteiger partial charge in [0.05, 0.1) is 14.2 Å². The van der Waals surface area contributed by atoms with Gasteiger partial charge < -0.3 is 29.3 Å². The van der Waals surface area contributed by atoms with E-state index in [2.05, 4.69) is 45.2 Å². The molecule has 2 aliphatic heterocycles. The summed E-state index contributed by atoms with van der Waals surface area (Å²) in [6, 6.07) is 5.99. The van der Waals surface area contributed by atoms with Crippen LogP contribution in [0.15, 0.2) is 23.2 Å². The van der Waals surface area contributed by atoms with E-state index in [0.29, 0.717) is 0 Å². The lowest BCUT2D eigenvalue weighted by Gasteiger charge is -2.44. The highest BCUT2D eigenvalue weighted by molar-refractivity contribution is 14.0. The molecule has 0 aromatic heterocycles. The van der Waals surface area contributed by atoms with Crippen molar-refractivity contribution in [3.05, 3.63) is 23.8 Å². The molecule has 0 radical (unpaired) electrons. The Bertz CT molecular complexity index is 732. The quantitative estimate of drug-likeness (QED) is 0.311. The number of likely N-dealkylation sites (N-methyl/N-ethyl adjacent to an activating group) is 1. The smallest absolute Gasteiger partial charge is 0.193 e. The Morgan fingerprint density at radius 3 is 2.38 bits per heavy atom. The van der Waals surface area contributed by atoms with Crippen molar-refractivity contribution in [3.63, 3.8) is 0 Å².